The molecular formula is C21H37IN4O2S. The number of nitrogens with one attached hydrogen (secondary N) is 2. The van der Waals surface area contributed by atoms with Crippen LogP contribution in [0.1, 0.15) is 43.7 Å². The van der Waals surface area contributed by atoms with Gasteiger partial charge >= 0.3 is 0 Å². The number of piperidine rings is 1. The zero-order chi connectivity index (χ0) is 20.6. The van der Waals surface area contributed by atoms with E-state index in [1.165, 1.54) is 17.4 Å². The highest BCUT2D eigenvalue weighted by molar-refractivity contribution is 14.0. The molecule has 2 rings (SSSR count). The van der Waals surface area contributed by atoms with Gasteiger partial charge in [-0.25, -0.2) is 8.42 Å². The number of aliphatic imine (C=N–C) groups is 1. The van der Waals surface area contributed by atoms with Crippen LogP contribution in [0, 0.1) is 6.92 Å². The van der Waals surface area contributed by atoms with Crippen molar-refractivity contribution in [1.82, 2.24) is 15.5 Å². The predicted molar refractivity (Wildman–Crippen MR) is 133 cm³/mol. The Hall–Kier alpha value is -0.870. The summed E-state index contributed by atoms with van der Waals surface area (Å²) in [4.78, 5) is 7.04. The van der Waals surface area contributed by atoms with Crippen LogP contribution in [0.5, 0.6) is 0 Å². The largest absolute Gasteiger partial charge is 0.357 e. The van der Waals surface area contributed by atoms with E-state index in [0.717, 1.165) is 45.0 Å². The highest BCUT2D eigenvalue weighted by Crippen LogP contribution is 2.17. The second kappa shape index (κ2) is 12.7. The normalized spacial score (nSPS) is 17.4. The van der Waals surface area contributed by atoms with Gasteiger partial charge in [0.2, 0.25) is 0 Å². The third-order valence-electron chi connectivity index (χ3n) is 5.19. The molecule has 1 atom stereocenters. The molecule has 6 nitrogen and oxygen atoms in total. The molecule has 0 radical (unpaired) electrons. The molecule has 2 N–H and O–H groups in total. The van der Waals surface area contributed by atoms with Crippen LogP contribution < -0.4 is 10.6 Å². The first-order valence-electron chi connectivity index (χ1n) is 10.3. The third-order valence-corrected chi connectivity index (χ3v) is 6.11. The fourth-order valence-corrected chi connectivity index (χ4v) is 4.01. The van der Waals surface area contributed by atoms with Crippen molar-refractivity contribution in [1.29, 1.82) is 0 Å². The highest BCUT2D eigenvalue weighted by Gasteiger charge is 2.20. The predicted octanol–water partition coefficient (Wildman–Crippen LogP) is 2.78. The Morgan fingerprint density at radius 3 is 2.59 bits per heavy atom. The molecule has 8 heteroatoms. The minimum Gasteiger partial charge on any atom is -0.357 e. The topological polar surface area (TPSA) is 73.8 Å². The Labute approximate surface area is 193 Å². The Kier molecular flexibility index (Phi) is 11.5. The number of guanidine groups is 1. The molecule has 0 bridgehead atoms. The molecule has 1 unspecified atom stereocenters. The number of hydrogen-bond acceptors (Lipinski definition) is 4. The molecular weight excluding hydrogens is 499 g/mol. The number of aryl methyl sites for hydroxylation is 1. The van der Waals surface area contributed by atoms with Crippen molar-refractivity contribution >= 4 is 39.8 Å². The summed E-state index contributed by atoms with van der Waals surface area (Å²) in [6, 6.07) is 8.99. The number of likely N-dealkylation sites (tertiary alicyclic amines) is 1. The van der Waals surface area contributed by atoms with E-state index >= 15 is 0 Å². The zero-order valence-electron chi connectivity index (χ0n) is 18.1. The standard InChI is InChI=1S/C21H36N4O2S.HI/c1-5-22-21(23-16-18(3)19-8-6-7-17(2)15-19)24-20-9-11-25(12-10-20)13-14-28(4,26)27;/h6-8,15,18,20H,5,9-14,16H2,1-4H3,(H2,22,23,24);1H. The molecule has 166 valence electrons. The smallest absolute Gasteiger partial charge is 0.191 e. The molecule has 1 aromatic rings. The van der Waals surface area contributed by atoms with Crippen LogP contribution >= 0.6 is 24.0 Å². The summed E-state index contributed by atoms with van der Waals surface area (Å²) >= 11 is 0. The lowest BCUT2D eigenvalue weighted by atomic mass is 10.00. The van der Waals surface area contributed by atoms with Crippen molar-refractivity contribution in [2.24, 2.45) is 4.99 Å². The van der Waals surface area contributed by atoms with Gasteiger partial charge in [-0.1, -0.05) is 36.8 Å². The number of halogens is 1. The molecule has 1 aliphatic heterocycles. The lowest BCUT2D eigenvalue weighted by Crippen LogP contribution is -2.49. The molecule has 1 aliphatic rings. The number of nitrogens with zero attached hydrogens (tertiary/aromatic N) is 2. The molecule has 1 fully saturated rings. The quantitative estimate of drug-likeness (QED) is 0.304. The number of sulfone groups is 1. The molecule has 0 aliphatic carbocycles. The van der Waals surface area contributed by atoms with Crippen molar-refractivity contribution in [3.63, 3.8) is 0 Å². The van der Waals surface area contributed by atoms with Crippen LogP contribution in [0.15, 0.2) is 29.3 Å². The molecule has 0 aromatic heterocycles. The molecule has 29 heavy (non-hydrogen) atoms. The monoisotopic (exact) mass is 536 g/mol. The lowest BCUT2D eigenvalue weighted by Gasteiger charge is -2.33. The van der Waals surface area contributed by atoms with E-state index in [9.17, 15) is 8.42 Å². The van der Waals surface area contributed by atoms with Crippen LogP contribution in [0.2, 0.25) is 0 Å². The molecule has 1 saturated heterocycles. The van der Waals surface area contributed by atoms with Crippen molar-refractivity contribution < 1.29 is 8.42 Å². The first-order chi connectivity index (χ1) is 13.3. The first-order valence-corrected chi connectivity index (χ1v) is 12.3. The Morgan fingerprint density at radius 1 is 1.31 bits per heavy atom. The van der Waals surface area contributed by atoms with Gasteiger partial charge in [-0.05, 0) is 32.3 Å². The summed E-state index contributed by atoms with van der Waals surface area (Å²) in [5, 5.41) is 6.91. The maximum absolute atomic E-state index is 11.3. The average Bonchev–Trinajstić information content (AvgIpc) is 2.65. The van der Waals surface area contributed by atoms with Gasteiger partial charge in [0.05, 0.1) is 5.75 Å². The molecule has 1 aromatic carbocycles. The fraction of sp³-hybridized carbons (Fsp3) is 0.667. The van der Waals surface area contributed by atoms with Gasteiger partial charge < -0.3 is 15.5 Å². The summed E-state index contributed by atoms with van der Waals surface area (Å²) in [6.45, 7) is 10.5. The van der Waals surface area contributed by atoms with Gasteiger partial charge in [0, 0.05) is 50.9 Å². The minimum absolute atomic E-state index is 0. The van der Waals surface area contributed by atoms with E-state index in [4.69, 9.17) is 4.99 Å². The molecule has 0 amide bonds. The second-order valence-corrected chi connectivity index (χ2v) is 10.2. The number of rotatable bonds is 8. The summed E-state index contributed by atoms with van der Waals surface area (Å²) in [5.74, 6) is 1.48. The molecule has 1 heterocycles. The highest BCUT2D eigenvalue weighted by atomic mass is 127. The summed E-state index contributed by atoms with van der Waals surface area (Å²) < 4.78 is 22.7. The van der Waals surface area contributed by atoms with Crippen molar-refractivity contribution in [2.45, 2.75) is 45.6 Å². The minimum atomic E-state index is -2.89. The van der Waals surface area contributed by atoms with Crippen LogP contribution in [-0.4, -0.2) is 70.1 Å². The van der Waals surface area contributed by atoms with E-state index < -0.39 is 9.84 Å². The van der Waals surface area contributed by atoms with Crippen LogP contribution in [0.4, 0.5) is 0 Å². The summed E-state index contributed by atoms with van der Waals surface area (Å²) in [7, 11) is -2.89. The Balaban J connectivity index is 0.00000420. The number of benzene rings is 1. The summed E-state index contributed by atoms with van der Waals surface area (Å²) in [6.07, 6.45) is 3.31. The van der Waals surface area contributed by atoms with E-state index in [0.29, 0.717) is 18.5 Å². The Morgan fingerprint density at radius 2 is 2.00 bits per heavy atom. The number of hydrogen-bond donors (Lipinski definition) is 2. The lowest BCUT2D eigenvalue weighted by molar-refractivity contribution is 0.216. The molecule has 0 spiro atoms. The van der Waals surface area contributed by atoms with E-state index in [1.54, 1.807) is 0 Å². The van der Waals surface area contributed by atoms with E-state index in [-0.39, 0.29) is 29.7 Å². The Bertz CT molecular complexity index is 747. The van der Waals surface area contributed by atoms with Crippen LogP contribution in [-0.2, 0) is 9.84 Å². The van der Waals surface area contributed by atoms with Gasteiger partial charge in [-0.3, -0.25) is 4.99 Å². The van der Waals surface area contributed by atoms with Gasteiger partial charge in [-0.15, -0.1) is 24.0 Å². The maximum Gasteiger partial charge on any atom is 0.191 e. The van der Waals surface area contributed by atoms with Crippen molar-refractivity contribution in [2.75, 3.05) is 44.7 Å². The average molecular weight is 537 g/mol. The van der Waals surface area contributed by atoms with Crippen LogP contribution in [0.25, 0.3) is 0 Å². The van der Waals surface area contributed by atoms with E-state index in [1.807, 2.05) is 0 Å². The third kappa shape index (κ3) is 10.1. The summed E-state index contributed by atoms with van der Waals surface area (Å²) in [5.41, 5.74) is 2.60. The SMILES string of the molecule is CCNC(=NCC(C)c1cccc(C)c1)NC1CCN(CCS(C)(=O)=O)CC1.I. The van der Waals surface area contributed by atoms with Gasteiger partial charge in [-0.2, -0.15) is 0 Å². The molecule has 0 saturated carbocycles. The maximum atomic E-state index is 11.3. The zero-order valence-corrected chi connectivity index (χ0v) is 21.3. The van der Waals surface area contributed by atoms with Crippen molar-refractivity contribution in [3.8, 4) is 0 Å². The van der Waals surface area contributed by atoms with Crippen LogP contribution in [0.3, 0.4) is 0 Å². The second-order valence-electron chi connectivity index (χ2n) is 7.92. The van der Waals surface area contributed by atoms with Crippen molar-refractivity contribution in [3.05, 3.63) is 35.4 Å². The van der Waals surface area contributed by atoms with Gasteiger partial charge in [0.15, 0.2) is 5.96 Å². The fourth-order valence-electron chi connectivity index (χ4n) is 3.42. The van der Waals surface area contributed by atoms with E-state index in [2.05, 4.69) is 60.6 Å². The first kappa shape index (κ1) is 26.2. The van der Waals surface area contributed by atoms with Gasteiger partial charge in [0.1, 0.15) is 9.84 Å². The van der Waals surface area contributed by atoms with Gasteiger partial charge in [0.25, 0.3) is 0 Å².